The number of benzene rings is 1. The van der Waals surface area contributed by atoms with Crippen molar-refractivity contribution in [3.63, 3.8) is 0 Å². The van der Waals surface area contributed by atoms with Crippen LogP contribution in [-0.4, -0.2) is 33.5 Å². The van der Waals surface area contributed by atoms with E-state index < -0.39 is 26.5 Å². The lowest BCUT2D eigenvalue weighted by molar-refractivity contribution is -0.387. The van der Waals surface area contributed by atoms with E-state index in [1.165, 1.54) is 0 Å². The van der Waals surface area contributed by atoms with E-state index in [2.05, 4.69) is 10.0 Å². The topological polar surface area (TPSA) is 101 Å². The zero-order valence-corrected chi connectivity index (χ0v) is 11.9. The Morgan fingerprint density at radius 2 is 2.05 bits per heavy atom. The van der Waals surface area contributed by atoms with Crippen LogP contribution in [0.2, 0.25) is 0 Å². The van der Waals surface area contributed by atoms with Crippen LogP contribution in [0.25, 0.3) is 0 Å². The van der Waals surface area contributed by atoms with Crippen molar-refractivity contribution in [1.29, 1.82) is 0 Å². The summed E-state index contributed by atoms with van der Waals surface area (Å²) in [6.07, 6.45) is 0. The molecule has 1 atom stereocenters. The number of sulfonamides is 1. The minimum Gasteiger partial charge on any atom is -0.319 e. The lowest BCUT2D eigenvalue weighted by Crippen LogP contribution is -2.32. The molecule has 1 aromatic carbocycles. The summed E-state index contributed by atoms with van der Waals surface area (Å²) in [4.78, 5) is 9.30. The third-order valence-corrected chi connectivity index (χ3v) is 4.02. The molecule has 0 fully saturated rings. The summed E-state index contributed by atoms with van der Waals surface area (Å²) in [6, 6.07) is 2.47. The van der Waals surface area contributed by atoms with Crippen molar-refractivity contribution in [3.8, 4) is 0 Å². The van der Waals surface area contributed by atoms with Gasteiger partial charge in [0, 0.05) is 12.6 Å². The van der Waals surface area contributed by atoms with E-state index in [4.69, 9.17) is 0 Å². The second-order valence-electron chi connectivity index (χ2n) is 4.39. The summed E-state index contributed by atoms with van der Waals surface area (Å²) in [5, 5.41) is 13.5. The van der Waals surface area contributed by atoms with Crippen LogP contribution in [0.4, 0.5) is 10.1 Å². The van der Waals surface area contributed by atoms with Crippen LogP contribution < -0.4 is 10.0 Å². The van der Waals surface area contributed by atoms with E-state index in [1.54, 1.807) is 7.05 Å². The van der Waals surface area contributed by atoms with E-state index in [9.17, 15) is 22.9 Å². The molecule has 0 saturated heterocycles. The van der Waals surface area contributed by atoms with Gasteiger partial charge in [0.1, 0.15) is 0 Å². The third-order valence-electron chi connectivity index (χ3n) is 2.60. The second-order valence-corrected chi connectivity index (χ2v) is 6.15. The molecule has 1 unspecified atom stereocenters. The van der Waals surface area contributed by atoms with Gasteiger partial charge in [-0.1, -0.05) is 6.92 Å². The third kappa shape index (κ3) is 4.22. The number of nitro benzene ring substituents is 1. The van der Waals surface area contributed by atoms with Crippen molar-refractivity contribution in [2.45, 2.75) is 11.8 Å². The highest BCUT2D eigenvalue weighted by molar-refractivity contribution is 7.89. The van der Waals surface area contributed by atoms with Gasteiger partial charge in [0.05, 0.1) is 9.82 Å². The number of halogens is 1. The molecule has 0 saturated carbocycles. The summed E-state index contributed by atoms with van der Waals surface area (Å²) < 4.78 is 39.4. The van der Waals surface area contributed by atoms with Crippen molar-refractivity contribution < 1.29 is 17.7 Å². The molecule has 7 nitrogen and oxygen atoms in total. The van der Waals surface area contributed by atoms with Crippen molar-refractivity contribution >= 4 is 15.7 Å². The van der Waals surface area contributed by atoms with Crippen molar-refractivity contribution in [2.24, 2.45) is 5.92 Å². The van der Waals surface area contributed by atoms with Gasteiger partial charge in [0.25, 0.3) is 0 Å². The van der Waals surface area contributed by atoms with Crippen LogP contribution in [0.1, 0.15) is 6.92 Å². The largest absolute Gasteiger partial charge is 0.319 e. The van der Waals surface area contributed by atoms with Crippen LogP contribution in [-0.2, 0) is 10.0 Å². The molecule has 1 aromatic rings. The molecule has 0 aliphatic heterocycles. The molecule has 1 rings (SSSR count). The molecule has 0 aliphatic carbocycles. The van der Waals surface area contributed by atoms with E-state index in [0.29, 0.717) is 12.6 Å². The number of nitrogens with zero attached hydrogens (tertiary/aromatic N) is 1. The Kier molecular flexibility index (Phi) is 5.54. The Labute approximate surface area is 116 Å². The summed E-state index contributed by atoms with van der Waals surface area (Å²) in [6.45, 7) is 2.63. The smallest absolute Gasteiger partial charge is 0.306 e. The van der Waals surface area contributed by atoms with Gasteiger partial charge in [0.15, 0.2) is 0 Å². The highest BCUT2D eigenvalue weighted by Crippen LogP contribution is 2.21. The van der Waals surface area contributed by atoms with Gasteiger partial charge in [-0.2, -0.15) is 4.39 Å². The molecule has 9 heteroatoms. The molecule has 0 spiro atoms. The highest BCUT2D eigenvalue weighted by Gasteiger charge is 2.21. The summed E-state index contributed by atoms with van der Waals surface area (Å²) in [5.41, 5.74) is -0.865. The summed E-state index contributed by atoms with van der Waals surface area (Å²) in [7, 11) is -2.15. The molecular formula is C11H16FN3O4S. The molecule has 0 radical (unpaired) electrons. The van der Waals surface area contributed by atoms with Gasteiger partial charge < -0.3 is 5.32 Å². The second kappa shape index (κ2) is 6.73. The van der Waals surface area contributed by atoms with E-state index in [1.807, 2.05) is 6.92 Å². The normalized spacial score (nSPS) is 13.2. The minimum atomic E-state index is -3.90. The quantitative estimate of drug-likeness (QED) is 0.575. The fraction of sp³-hybridized carbons (Fsp3) is 0.455. The Balaban J connectivity index is 2.93. The molecule has 0 heterocycles. The summed E-state index contributed by atoms with van der Waals surface area (Å²) >= 11 is 0. The zero-order chi connectivity index (χ0) is 15.3. The number of rotatable bonds is 7. The minimum absolute atomic E-state index is 0.0465. The first-order valence-corrected chi connectivity index (χ1v) is 7.34. The van der Waals surface area contributed by atoms with Gasteiger partial charge in [-0.25, -0.2) is 13.1 Å². The Morgan fingerprint density at radius 1 is 1.40 bits per heavy atom. The van der Waals surface area contributed by atoms with Crippen LogP contribution in [0.3, 0.4) is 0 Å². The molecule has 0 bridgehead atoms. The van der Waals surface area contributed by atoms with Crippen molar-refractivity contribution in [1.82, 2.24) is 10.0 Å². The Bertz CT molecular complexity index is 591. The first kappa shape index (κ1) is 16.5. The van der Waals surface area contributed by atoms with Gasteiger partial charge in [-0.3, -0.25) is 10.1 Å². The van der Waals surface area contributed by atoms with Crippen LogP contribution in [0, 0.1) is 21.8 Å². The maximum Gasteiger partial charge on any atom is 0.306 e. The van der Waals surface area contributed by atoms with E-state index in [0.717, 1.165) is 12.1 Å². The maximum atomic E-state index is 13.2. The zero-order valence-electron chi connectivity index (χ0n) is 11.1. The SMILES string of the molecule is CNCC(C)CNS(=O)(=O)c1ccc(F)c([N+](=O)[O-])c1. The van der Waals surface area contributed by atoms with Crippen LogP contribution >= 0.6 is 0 Å². The molecule has 20 heavy (non-hydrogen) atoms. The first-order chi connectivity index (χ1) is 9.27. The molecular weight excluding hydrogens is 289 g/mol. The number of hydrogen-bond donors (Lipinski definition) is 2. The predicted molar refractivity (Wildman–Crippen MR) is 71.3 cm³/mol. The monoisotopic (exact) mass is 305 g/mol. The highest BCUT2D eigenvalue weighted by atomic mass is 32.2. The van der Waals surface area contributed by atoms with Crippen LogP contribution in [0.5, 0.6) is 0 Å². The fourth-order valence-corrected chi connectivity index (χ4v) is 2.74. The Morgan fingerprint density at radius 3 is 2.60 bits per heavy atom. The van der Waals surface area contributed by atoms with Gasteiger partial charge in [-0.05, 0) is 31.6 Å². The van der Waals surface area contributed by atoms with E-state index in [-0.39, 0.29) is 17.4 Å². The lowest BCUT2D eigenvalue weighted by atomic mass is 10.2. The van der Waals surface area contributed by atoms with Crippen molar-refractivity contribution in [3.05, 3.63) is 34.1 Å². The fourth-order valence-electron chi connectivity index (χ4n) is 1.56. The van der Waals surface area contributed by atoms with E-state index >= 15 is 0 Å². The average Bonchev–Trinajstić information content (AvgIpc) is 2.37. The number of nitro groups is 1. The lowest BCUT2D eigenvalue weighted by Gasteiger charge is -2.12. The predicted octanol–water partition coefficient (Wildman–Crippen LogP) is 0.868. The average molecular weight is 305 g/mol. The van der Waals surface area contributed by atoms with Crippen molar-refractivity contribution in [2.75, 3.05) is 20.1 Å². The number of nitrogens with one attached hydrogen (secondary N) is 2. The summed E-state index contributed by atoms with van der Waals surface area (Å²) in [5.74, 6) is -1.03. The Hall–Kier alpha value is -1.58. The molecule has 0 amide bonds. The van der Waals surface area contributed by atoms with Gasteiger partial charge in [-0.15, -0.1) is 0 Å². The molecule has 0 aliphatic rings. The maximum absolute atomic E-state index is 13.2. The molecule has 112 valence electrons. The first-order valence-electron chi connectivity index (χ1n) is 5.86. The van der Waals surface area contributed by atoms with Gasteiger partial charge in [0.2, 0.25) is 15.8 Å². The van der Waals surface area contributed by atoms with Gasteiger partial charge >= 0.3 is 5.69 Å². The number of hydrogen-bond acceptors (Lipinski definition) is 5. The molecule has 0 aromatic heterocycles. The molecule has 2 N–H and O–H groups in total. The van der Waals surface area contributed by atoms with Crippen LogP contribution in [0.15, 0.2) is 23.1 Å². The standard InChI is InChI=1S/C11H16FN3O4S/c1-8(6-13-2)7-14-20(18,19)9-3-4-10(12)11(5-9)15(16)17/h3-5,8,13-14H,6-7H2,1-2H3.